The number of carbonyl (C=O) groups is 1. The van der Waals surface area contributed by atoms with Crippen LogP contribution in [0.4, 0.5) is 10.1 Å². The zero-order chi connectivity index (χ0) is 20.2. The number of pyridine rings is 1. The molecule has 0 radical (unpaired) electrons. The normalized spacial score (nSPS) is 10.8. The van der Waals surface area contributed by atoms with E-state index in [1.54, 1.807) is 55.2 Å². The highest BCUT2D eigenvalue weighted by Gasteiger charge is 2.14. The number of aromatic nitrogens is 2. The number of rotatable bonds is 6. The minimum atomic E-state index is -0.381. The molecule has 4 rings (SSSR count). The Hall–Kier alpha value is -3.36. The second-order valence-electron chi connectivity index (χ2n) is 6.11. The number of nitrogens with zero attached hydrogens (tertiary/aromatic N) is 2. The van der Waals surface area contributed by atoms with Gasteiger partial charge in [-0.2, -0.15) is 0 Å². The Bertz CT molecular complexity index is 1180. The van der Waals surface area contributed by atoms with Crippen LogP contribution in [0.1, 0.15) is 15.5 Å². The van der Waals surface area contributed by atoms with E-state index in [-0.39, 0.29) is 11.7 Å². The third kappa shape index (κ3) is 4.23. The van der Waals surface area contributed by atoms with Crippen molar-refractivity contribution >= 4 is 33.7 Å². The number of ether oxygens (including phenoxy) is 2. The van der Waals surface area contributed by atoms with Crippen molar-refractivity contribution in [3.05, 3.63) is 76.8 Å². The van der Waals surface area contributed by atoms with Gasteiger partial charge in [-0.05, 0) is 30.3 Å². The van der Waals surface area contributed by atoms with Crippen LogP contribution in [0, 0.1) is 5.82 Å². The predicted molar refractivity (Wildman–Crippen MR) is 109 cm³/mol. The summed E-state index contributed by atoms with van der Waals surface area (Å²) in [5.41, 5.74) is 0.894. The van der Waals surface area contributed by atoms with Crippen LogP contribution in [-0.2, 0) is 11.3 Å². The molecule has 6 nitrogen and oxygen atoms in total. The molecule has 8 heteroatoms. The van der Waals surface area contributed by atoms with E-state index in [0.29, 0.717) is 34.9 Å². The first kappa shape index (κ1) is 19.0. The summed E-state index contributed by atoms with van der Waals surface area (Å²) < 4.78 is 24.3. The number of methoxy groups -OCH3 is 1. The largest absolute Gasteiger partial charge is 0.457 e. The first-order valence-corrected chi connectivity index (χ1v) is 9.57. The van der Waals surface area contributed by atoms with Crippen molar-refractivity contribution in [3.8, 4) is 11.5 Å². The van der Waals surface area contributed by atoms with Crippen molar-refractivity contribution in [2.24, 2.45) is 0 Å². The molecular weight excluding hydrogens is 393 g/mol. The molecule has 1 amide bonds. The fraction of sp³-hybridized carbons (Fsp3) is 0.0952. The van der Waals surface area contributed by atoms with E-state index < -0.39 is 0 Å². The number of fused-ring (bicyclic) bond motifs is 1. The van der Waals surface area contributed by atoms with E-state index in [1.807, 2.05) is 0 Å². The summed E-state index contributed by atoms with van der Waals surface area (Å²) in [6.07, 6.45) is 3.27. The van der Waals surface area contributed by atoms with Crippen molar-refractivity contribution < 1.29 is 18.7 Å². The summed E-state index contributed by atoms with van der Waals surface area (Å²) in [4.78, 5) is 21.0. The van der Waals surface area contributed by atoms with Gasteiger partial charge in [0.25, 0.3) is 5.91 Å². The highest BCUT2D eigenvalue weighted by Crippen LogP contribution is 2.34. The van der Waals surface area contributed by atoms with Gasteiger partial charge in [-0.3, -0.25) is 9.78 Å². The van der Waals surface area contributed by atoms with Crippen LogP contribution in [-0.4, -0.2) is 23.0 Å². The van der Waals surface area contributed by atoms with Gasteiger partial charge in [0.2, 0.25) is 0 Å². The second kappa shape index (κ2) is 8.34. The molecule has 2 aromatic heterocycles. The topological polar surface area (TPSA) is 73.3 Å². The van der Waals surface area contributed by atoms with Gasteiger partial charge in [0.1, 0.15) is 28.0 Å². The van der Waals surface area contributed by atoms with Gasteiger partial charge in [-0.1, -0.05) is 6.07 Å². The minimum absolute atomic E-state index is 0.319. The van der Waals surface area contributed by atoms with Crippen LogP contribution < -0.4 is 10.1 Å². The number of nitrogens with one attached hydrogen (secondary N) is 1. The molecule has 0 saturated carbocycles. The molecule has 0 saturated heterocycles. The van der Waals surface area contributed by atoms with E-state index in [2.05, 4.69) is 15.3 Å². The standard InChI is InChI=1S/C21H16FN3O3S/c1-27-11-20-24-18(12-29-20)21(26)25-17-5-6-19(15-7-8-23-10-16(15)17)28-14-4-2-3-13(22)9-14/h2-10,12H,11H2,1H3,(H,25,26). The van der Waals surface area contributed by atoms with Crippen molar-refractivity contribution in [1.29, 1.82) is 0 Å². The SMILES string of the molecule is COCc1nc(C(=O)Nc2ccc(Oc3cccc(F)c3)c3ccncc23)cs1. The maximum Gasteiger partial charge on any atom is 0.275 e. The summed E-state index contributed by atoms with van der Waals surface area (Å²) in [5.74, 6) is 0.205. The Labute approximate surface area is 170 Å². The second-order valence-corrected chi connectivity index (χ2v) is 7.05. The first-order chi connectivity index (χ1) is 14.1. The molecule has 29 heavy (non-hydrogen) atoms. The zero-order valence-electron chi connectivity index (χ0n) is 15.4. The molecule has 0 unspecified atom stereocenters. The molecule has 0 aliphatic heterocycles. The molecule has 4 aromatic rings. The molecule has 0 bridgehead atoms. The molecule has 1 N–H and O–H groups in total. The van der Waals surface area contributed by atoms with Crippen molar-refractivity contribution in [3.63, 3.8) is 0 Å². The van der Waals surface area contributed by atoms with Crippen LogP contribution in [0.25, 0.3) is 10.8 Å². The number of carbonyl (C=O) groups excluding carboxylic acids is 1. The molecule has 0 atom stereocenters. The summed E-state index contributed by atoms with van der Waals surface area (Å²) >= 11 is 1.36. The van der Waals surface area contributed by atoms with Crippen LogP contribution in [0.2, 0.25) is 0 Å². The molecule has 0 aliphatic rings. The van der Waals surface area contributed by atoms with Crippen LogP contribution in [0.15, 0.2) is 60.2 Å². The number of benzene rings is 2. The lowest BCUT2D eigenvalue weighted by atomic mass is 10.1. The Morgan fingerprint density at radius 1 is 1.21 bits per heavy atom. The van der Waals surface area contributed by atoms with E-state index >= 15 is 0 Å². The maximum atomic E-state index is 13.5. The lowest BCUT2D eigenvalue weighted by Gasteiger charge is -2.12. The van der Waals surface area contributed by atoms with E-state index in [4.69, 9.17) is 9.47 Å². The molecule has 0 spiro atoms. The maximum absolute atomic E-state index is 13.5. The van der Waals surface area contributed by atoms with Crippen molar-refractivity contribution in [2.75, 3.05) is 12.4 Å². The van der Waals surface area contributed by atoms with Crippen molar-refractivity contribution in [2.45, 2.75) is 6.61 Å². The summed E-state index contributed by atoms with van der Waals surface area (Å²) in [5, 5.41) is 6.71. The lowest BCUT2D eigenvalue weighted by molar-refractivity contribution is 0.102. The highest BCUT2D eigenvalue weighted by molar-refractivity contribution is 7.09. The Morgan fingerprint density at radius 2 is 2.10 bits per heavy atom. The Kier molecular flexibility index (Phi) is 5.46. The average Bonchev–Trinajstić information content (AvgIpc) is 3.19. The van der Waals surface area contributed by atoms with E-state index in [9.17, 15) is 9.18 Å². The van der Waals surface area contributed by atoms with Crippen LogP contribution in [0.5, 0.6) is 11.5 Å². The average molecular weight is 409 g/mol. The van der Waals surface area contributed by atoms with Gasteiger partial charge in [0.15, 0.2) is 0 Å². The van der Waals surface area contributed by atoms with Gasteiger partial charge >= 0.3 is 0 Å². The molecule has 2 aromatic carbocycles. The predicted octanol–water partition coefficient (Wildman–Crippen LogP) is 5.02. The van der Waals surface area contributed by atoms with Crippen LogP contribution in [0.3, 0.4) is 0 Å². The minimum Gasteiger partial charge on any atom is -0.457 e. The van der Waals surface area contributed by atoms with Gasteiger partial charge in [-0.25, -0.2) is 9.37 Å². The van der Waals surface area contributed by atoms with Gasteiger partial charge in [-0.15, -0.1) is 11.3 Å². The monoisotopic (exact) mass is 409 g/mol. The number of anilines is 1. The molecule has 0 fully saturated rings. The highest BCUT2D eigenvalue weighted by atomic mass is 32.1. The zero-order valence-corrected chi connectivity index (χ0v) is 16.2. The number of thiazole rings is 1. The quantitative estimate of drug-likeness (QED) is 0.484. The van der Waals surface area contributed by atoms with E-state index in [1.165, 1.54) is 23.5 Å². The molecule has 0 aliphatic carbocycles. The summed E-state index contributed by atoms with van der Waals surface area (Å²) in [6.45, 7) is 0.358. The fourth-order valence-electron chi connectivity index (χ4n) is 2.81. The fourth-order valence-corrected chi connectivity index (χ4v) is 3.55. The Balaban J connectivity index is 1.63. The van der Waals surface area contributed by atoms with Gasteiger partial charge < -0.3 is 14.8 Å². The summed E-state index contributed by atoms with van der Waals surface area (Å²) in [6, 6.07) is 11.1. The van der Waals surface area contributed by atoms with E-state index in [0.717, 1.165) is 10.4 Å². The number of hydrogen-bond donors (Lipinski definition) is 1. The third-order valence-electron chi connectivity index (χ3n) is 4.10. The lowest BCUT2D eigenvalue weighted by Crippen LogP contribution is -2.13. The third-order valence-corrected chi connectivity index (χ3v) is 4.92. The number of halogens is 1. The van der Waals surface area contributed by atoms with Crippen LogP contribution >= 0.6 is 11.3 Å². The number of hydrogen-bond acceptors (Lipinski definition) is 6. The summed E-state index contributed by atoms with van der Waals surface area (Å²) in [7, 11) is 1.58. The first-order valence-electron chi connectivity index (χ1n) is 8.69. The van der Waals surface area contributed by atoms with Crippen molar-refractivity contribution in [1.82, 2.24) is 9.97 Å². The number of amides is 1. The van der Waals surface area contributed by atoms with Gasteiger partial charge in [0, 0.05) is 41.7 Å². The molecular formula is C21H16FN3O3S. The molecule has 2 heterocycles. The van der Waals surface area contributed by atoms with Gasteiger partial charge in [0.05, 0.1) is 12.3 Å². The smallest absolute Gasteiger partial charge is 0.275 e. The molecule has 146 valence electrons. The Morgan fingerprint density at radius 3 is 2.93 bits per heavy atom.